The van der Waals surface area contributed by atoms with Crippen molar-refractivity contribution in [2.45, 2.75) is 25.7 Å². The van der Waals surface area contributed by atoms with Crippen LogP contribution in [-0.4, -0.2) is 65.9 Å². The first-order valence-corrected chi connectivity index (χ1v) is 12.1. The van der Waals surface area contributed by atoms with E-state index >= 15 is 0 Å². The van der Waals surface area contributed by atoms with E-state index in [0.717, 1.165) is 11.3 Å². The lowest BCUT2D eigenvalue weighted by atomic mass is 9.97. The molecule has 1 N–H and O–H groups in total. The van der Waals surface area contributed by atoms with E-state index < -0.39 is 10.0 Å². The molecular weight excluding hydrogens is 404 g/mol. The number of aromatic nitrogens is 2. The maximum absolute atomic E-state index is 13.0. The van der Waals surface area contributed by atoms with Crippen LogP contribution in [0.3, 0.4) is 0 Å². The van der Waals surface area contributed by atoms with Gasteiger partial charge in [-0.3, -0.25) is 9.59 Å². The molecule has 1 aliphatic carbocycles. The number of H-pyrrole nitrogens is 1. The van der Waals surface area contributed by atoms with Gasteiger partial charge in [0.2, 0.25) is 15.9 Å². The predicted molar refractivity (Wildman–Crippen MR) is 113 cm³/mol. The molecule has 1 aromatic carbocycles. The molecule has 2 heterocycles. The normalized spacial score (nSPS) is 20.4. The lowest BCUT2D eigenvalue weighted by Gasteiger charge is -2.35. The first-order valence-electron chi connectivity index (χ1n) is 10.2. The highest BCUT2D eigenvalue weighted by Gasteiger charge is 2.31. The fourth-order valence-corrected chi connectivity index (χ4v) is 5.09. The summed E-state index contributed by atoms with van der Waals surface area (Å²) in [5, 5.41) is 0. The molecule has 1 fully saturated rings. The van der Waals surface area contributed by atoms with Crippen molar-refractivity contribution < 1.29 is 13.2 Å². The molecule has 1 amide bonds. The van der Waals surface area contributed by atoms with Gasteiger partial charge in [0.25, 0.3) is 5.56 Å². The zero-order valence-electron chi connectivity index (χ0n) is 17.0. The molecule has 1 saturated heterocycles. The Bertz CT molecular complexity index is 1090. The molecule has 0 bridgehead atoms. The van der Waals surface area contributed by atoms with E-state index in [9.17, 15) is 18.0 Å². The molecule has 4 rings (SSSR count). The molecule has 0 spiro atoms. The van der Waals surface area contributed by atoms with Crippen LogP contribution < -0.4 is 5.56 Å². The van der Waals surface area contributed by atoms with Gasteiger partial charge in [0, 0.05) is 43.2 Å². The Kier molecular flexibility index (Phi) is 5.75. The summed E-state index contributed by atoms with van der Waals surface area (Å²) < 4.78 is 24.8. The van der Waals surface area contributed by atoms with Gasteiger partial charge in [-0.1, -0.05) is 30.3 Å². The van der Waals surface area contributed by atoms with Crippen molar-refractivity contribution in [1.29, 1.82) is 0 Å². The van der Waals surface area contributed by atoms with E-state index in [4.69, 9.17) is 4.98 Å². The zero-order chi connectivity index (χ0) is 21.3. The van der Waals surface area contributed by atoms with Gasteiger partial charge >= 0.3 is 0 Å². The largest absolute Gasteiger partial charge is 0.340 e. The van der Waals surface area contributed by atoms with Crippen molar-refractivity contribution in [2.24, 2.45) is 5.92 Å². The summed E-state index contributed by atoms with van der Waals surface area (Å²) in [5.41, 5.74) is 2.17. The Morgan fingerprint density at radius 3 is 2.40 bits per heavy atom. The van der Waals surface area contributed by atoms with E-state index in [1.54, 1.807) is 4.90 Å². The highest BCUT2D eigenvalue weighted by Crippen LogP contribution is 2.25. The lowest BCUT2D eigenvalue weighted by molar-refractivity contribution is -0.137. The van der Waals surface area contributed by atoms with Gasteiger partial charge in [-0.05, 0) is 25.7 Å². The van der Waals surface area contributed by atoms with Crippen LogP contribution in [0.4, 0.5) is 0 Å². The second kappa shape index (κ2) is 8.31. The van der Waals surface area contributed by atoms with Gasteiger partial charge in [0.05, 0.1) is 11.9 Å². The molecule has 1 aromatic heterocycles. The first-order chi connectivity index (χ1) is 14.3. The Hall–Kier alpha value is -2.52. The molecule has 1 aliphatic heterocycles. The predicted octanol–water partition coefficient (Wildman–Crippen LogP) is 1.04. The Morgan fingerprint density at radius 1 is 1.07 bits per heavy atom. The minimum Gasteiger partial charge on any atom is -0.340 e. The van der Waals surface area contributed by atoms with Crippen LogP contribution in [0.25, 0.3) is 11.4 Å². The van der Waals surface area contributed by atoms with E-state index in [2.05, 4.69) is 4.98 Å². The molecule has 1 atom stereocenters. The monoisotopic (exact) mass is 430 g/mol. The number of rotatable bonds is 3. The third-order valence-electron chi connectivity index (χ3n) is 5.99. The molecular formula is C21H26N4O4S. The Morgan fingerprint density at radius 2 is 1.73 bits per heavy atom. The minimum atomic E-state index is -3.22. The molecule has 0 saturated carbocycles. The van der Waals surface area contributed by atoms with Crippen LogP contribution in [0.1, 0.15) is 24.1 Å². The van der Waals surface area contributed by atoms with Crippen molar-refractivity contribution in [3.63, 3.8) is 0 Å². The summed E-state index contributed by atoms with van der Waals surface area (Å²) >= 11 is 0. The number of amides is 1. The second-order valence-corrected chi connectivity index (χ2v) is 9.95. The summed E-state index contributed by atoms with van der Waals surface area (Å²) in [6.45, 7) is 1.48. The van der Waals surface area contributed by atoms with E-state index in [-0.39, 0.29) is 17.4 Å². The zero-order valence-corrected chi connectivity index (χ0v) is 17.8. The molecule has 160 valence electrons. The van der Waals surface area contributed by atoms with Crippen molar-refractivity contribution in [3.05, 3.63) is 51.9 Å². The van der Waals surface area contributed by atoms with Gasteiger partial charge in [-0.25, -0.2) is 13.4 Å². The minimum absolute atomic E-state index is 0.0515. The third-order valence-corrected chi connectivity index (χ3v) is 7.29. The van der Waals surface area contributed by atoms with Crippen molar-refractivity contribution in [1.82, 2.24) is 19.2 Å². The maximum Gasteiger partial charge on any atom is 0.254 e. The number of aromatic amines is 1. The number of fused-ring (bicyclic) bond motifs is 1. The number of nitrogens with zero attached hydrogens (tertiary/aromatic N) is 3. The van der Waals surface area contributed by atoms with E-state index in [0.29, 0.717) is 63.3 Å². The second-order valence-electron chi connectivity index (χ2n) is 7.97. The van der Waals surface area contributed by atoms with E-state index in [1.165, 1.54) is 10.6 Å². The highest BCUT2D eigenvalue weighted by molar-refractivity contribution is 7.88. The number of carbonyl (C=O) groups excluding carboxylic acids is 1. The number of sulfonamides is 1. The molecule has 0 radical (unpaired) electrons. The summed E-state index contributed by atoms with van der Waals surface area (Å²) in [7, 11) is -3.22. The number of benzene rings is 1. The average molecular weight is 431 g/mol. The first kappa shape index (κ1) is 20.7. The fourth-order valence-electron chi connectivity index (χ4n) is 4.26. The number of piperazine rings is 1. The van der Waals surface area contributed by atoms with Crippen LogP contribution >= 0.6 is 0 Å². The maximum atomic E-state index is 13.0. The molecule has 2 aliphatic rings. The summed E-state index contributed by atoms with van der Waals surface area (Å²) in [4.78, 5) is 35.0. The molecule has 1 unspecified atom stereocenters. The lowest BCUT2D eigenvalue weighted by Crippen LogP contribution is -2.51. The average Bonchev–Trinajstić information content (AvgIpc) is 2.96. The third kappa shape index (κ3) is 4.32. The summed E-state index contributed by atoms with van der Waals surface area (Å²) in [6.07, 6.45) is 3.54. The number of aryl methyl sites for hydroxylation is 1. The van der Waals surface area contributed by atoms with Crippen LogP contribution in [-0.2, 0) is 27.7 Å². The van der Waals surface area contributed by atoms with Crippen LogP contribution in [0, 0.1) is 5.92 Å². The molecule has 9 heteroatoms. The highest BCUT2D eigenvalue weighted by atomic mass is 32.2. The van der Waals surface area contributed by atoms with Crippen LogP contribution in [0.2, 0.25) is 0 Å². The molecule has 30 heavy (non-hydrogen) atoms. The number of hydrogen-bond acceptors (Lipinski definition) is 5. The Balaban J connectivity index is 1.46. The Labute approximate surface area is 176 Å². The molecule has 8 nitrogen and oxygen atoms in total. The van der Waals surface area contributed by atoms with Gasteiger partial charge in [0.15, 0.2) is 0 Å². The van der Waals surface area contributed by atoms with Crippen LogP contribution in [0.15, 0.2) is 35.1 Å². The van der Waals surface area contributed by atoms with Gasteiger partial charge in [-0.2, -0.15) is 4.31 Å². The summed E-state index contributed by atoms with van der Waals surface area (Å²) in [6, 6.07) is 9.53. The summed E-state index contributed by atoms with van der Waals surface area (Å²) in [5.74, 6) is 0.431. The number of hydrogen-bond donors (Lipinski definition) is 1. The van der Waals surface area contributed by atoms with Crippen molar-refractivity contribution in [2.75, 3.05) is 32.4 Å². The fraction of sp³-hybridized carbons (Fsp3) is 0.476. The standard InChI is InChI=1S/C21H26N4O4S/c1-30(28,29)25-13-11-24(12-14-25)21(27)16-7-9-17-18(10-8-16)22-19(23-20(17)26)15-5-3-2-4-6-15/h2-6,16H,7-14H2,1H3,(H,22,23,26). The molecule has 2 aromatic rings. The van der Waals surface area contributed by atoms with Gasteiger partial charge < -0.3 is 9.88 Å². The van der Waals surface area contributed by atoms with Crippen molar-refractivity contribution in [3.8, 4) is 11.4 Å². The van der Waals surface area contributed by atoms with Gasteiger partial charge in [0.1, 0.15) is 5.82 Å². The number of carbonyl (C=O) groups is 1. The smallest absolute Gasteiger partial charge is 0.254 e. The van der Waals surface area contributed by atoms with Gasteiger partial charge in [-0.15, -0.1) is 0 Å². The number of nitrogens with one attached hydrogen (secondary N) is 1. The van der Waals surface area contributed by atoms with E-state index in [1.807, 2.05) is 30.3 Å². The quantitative estimate of drug-likeness (QED) is 0.733. The topological polar surface area (TPSA) is 103 Å². The van der Waals surface area contributed by atoms with Crippen LogP contribution in [0.5, 0.6) is 0 Å². The SMILES string of the molecule is CS(=O)(=O)N1CCN(C(=O)C2CCc3nc(-c4ccccc4)[nH]c(=O)c3CC2)CC1. The van der Waals surface area contributed by atoms with Crippen molar-refractivity contribution >= 4 is 15.9 Å².